The van der Waals surface area contributed by atoms with Crippen molar-refractivity contribution in [3.63, 3.8) is 0 Å². The number of rotatable bonds is 6. The van der Waals surface area contributed by atoms with Crippen molar-refractivity contribution in [2.45, 2.75) is 52.1 Å². The zero-order valence-corrected chi connectivity index (χ0v) is 20.0. The minimum atomic E-state index is -6.02. The molecule has 3 aromatic rings. The topological polar surface area (TPSA) is 100 Å². The standard InChI is InChI=1S/C22H24F3N3O5S/c1-6-13-8-10-14(11-9-13)18-17-15(20(29)32-7-2)12-16(33-34(30,31)22(23,24)25)26-19(17)28(27-18)21(3,4)5/h8-12H,6-7H2,1-5H3. The molecule has 0 unspecified atom stereocenters. The average molecular weight is 500 g/mol. The number of hydrogen-bond donors (Lipinski definition) is 0. The maximum absolute atomic E-state index is 12.9. The third kappa shape index (κ3) is 4.86. The number of fused-ring (bicyclic) bond motifs is 1. The molecule has 0 saturated carbocycles. The summed E-state index contributed by atoms with van der Waals surface area (Å²) in [5, 5.41) is 4.80. The Balaban J connectivity index is 2.37. The summed E-state index contributed by atoms with van der Waals surface area (Å²) in [7, 11) is -6.02. The first kappa shape index (κ1) is 25.5. The molecule has 184 valence electrons. The maximum Gasteiger partial charge on any atom is 0.534 e. The Labute approximate surface area is 194 Å². The first-order chi connectivity index (χ1) is 15.7. The quantitative estimate of drug-likeness (QED) is 0.272. The molecule has 0 amide bonds. The third-order valence-electron chi connectivity index (χ3n) is 4.86. The van der Waals surface area contributed by atoms with Gasteiger partial charge < -0.3 is 8.92 Å². The second-order valence-corrected chi connectivity index (χ2v) is 9.93. The van der Waals surface area contributed by atoms with Gasteiger partial charge in [-0.1, -0.05) is 31.2 Å². The zero-order chi connectivity index (χ0) is 25.5. The van der Waals surface area contributed by atoms with Crippen molar-refractivity contribution in [1.29, 1.82) is 0 Å². The van der Waals surface area contributed by atoms with Crippen LogP contribution in [0.4, 0.5) is 13.2 Å². The number of alkyl halides is 3. The summed E-state index contributed by atoms with van der Waals surface area (Å²) >= 11 is 0. The second kappa shape index (κ2) is 8.90. The molecule has 0 bridgehead atoms. The number of carbonyl (C=O) groups excluding carboxylic acids is 1. The molecule has 2 heterocycles. The molecule has 8 nitrogen and oxygen atoms in total. The van der Waals surface area contributed by atoms with Crippen LogP contribution >= 0.6 is 0 Å². The predicted octanol–water partition coefficient (Wildman–Crippen LogP) is 4.82. The maximum atomic E-state index is 12.9. The van der Waals surface area contributed by atoms with Crippen LogP contribution in [0.3, 0.4) is 0 Å². The van der Waals surface area contributed by atoms with Crippen LogP contribution in [-0.2, 0) is 26.8 Å². The number of esters is 1. The number of aryl methyl sites for hydroxylation is 1. The summed E-state index contributed by atoms with van der Waals surface area (Å²) in [6.07, 6.45) is 0.807. The van der Waals surface area contributed by atoms with Gasteiger partial charge in [0, 0.05) is 11.6 Å². The van der Waals surface area contributed by atoms with Crippen molar-refractivity contribution < 1.29 is 35.3 Å². The summed E-state index contributed by atoms with van der Waals surface area (Å²) in [4.78, 5) is 16.8. The Morgan fingerprint density at radius 2 is 1.71 bits per heavy atom. The molecule has 0 radical (unpaired) electrons. The van der Waals surface area contributed by atoms with Crippen LogP contribution in [0.1, 0.15) is 50.5 Å². The van der Waals surface area contributed by atoms with Gasteiger partial charge in [-0.2, -0.15) is 31.7 Å². The van der Waals surface area contributed by atoms with E-state index in [9.17, 15) is 26.4 Å². The summed E-state index contributed by atoms with van der Waals surface area (Å²) < 4.78 is 72.7. The van der Waals surface area contributed by atoms with Crippen molar-refractivity contribution >= 4 is 27.1 Å². The summed E-state index contributed by atoms with van der Waals surface area (Å²) in [5.41, 5.74) is -4.61. The molecular formula is C22H24F3N3O5S. The fraction of sp³-hybridized carbons (Fsp3) is 0.409. The Morgan fingerprint density at radius 3 is 2.21 bits per heavy atom. The van der Waals surface area contributed by atoms with E-state index in [0.29, 0.717) is 11.3 Å². The van der Waals surface area contributed by atoms with E-state index in [1.807, 2.05) is 19.1 Å². The number of aromatic nitrogens is 3. The molecule has 1 aromatic carbocycles. The van der Waals surface area contributed by atoms with Gasteiger partial charge in [0.25, 0.3) is 0 Å². The molecule has 0 aliphatic carbocycles. The van der Waals surface area contributed by atoms with Crippen molar-refractivity contribution in [1.82, 2.24) is 14.8 Å². The van der Waals surface area contributed by atoms with Gasteiger partial charge in [-0.15, -0.1) is 0 Å². The van der Waals surface area contributed by atoms with Crippen LogP contribution in [0, 0.1) is 0 Å². The first-order valence-corrected chi connectivity index (χ1v) is 11.8. The average Bonchev–Trinajstić information content (AvgIpc) is 3.12. The molecule has 0 spiro atoms. The normalized spacial score (nSPS) is 12.7. The number of pyridine rings is 1. The van der Waals surface area contributed by atoms with E-state index >= 15 is 0 Å². The van der Waals surface area contributed by atoms with Gasteiger partial charge in [-0.3, -0.25) is 0 Å². The van der Waals surface area contributed by atoms with Crippen LogP contribution in [0.5, 0.6) is 5.88 Å². The Bertz CT molecular complexity index is 1330. The largest absolute Gasteiger partial charge is 0.534 e. The second-order valence-electron chi connectivity index (χ2n) is 8.39. The van der Waals surface area contributed by atoms with Gasteiger partial charge in [-0.25, -0.2) is 9.48 Å². The Morgan fingerprint density at radius 1 is 1.09 bits per heavy atom. The van der Waals surface area contributed by atoms with Crippen LogP contribution in [0.25, 0.3) is 22.3 Å². The molecule has 0 saturated heterocycles. The third-order valence-corrected chi connectivity index (χ3v) is 5.82. The van der Waals surface area contributed by atoms with Crippen LogP contribution in [-0.4, -0.2) is 41.3 Å². The molecule has 0 aliphatic heterocycles. The number of benzene rings is 1. The monoisotopic (exact) mass is 499 g/mol. The number of halogens is 3. The number of ether oxygens (including phenoxy) is 1. The molecule has 0 aliphatic rings. The van der Waals surface area contributed by atoms with Gasteiger partial charge in [-0.05, 0) is 39.7 Å². The molecular weight excluding hydrogens is 475 g/mol. The van der Waals surface area contributed by atoms with Gasteiger partial charge in [0.1, 0.15) is 5.69 Å². The molecule has 0 N–H and O–H groups in total. The van der Waals surface area contributed by atoms with E-state index in [1.54, 1.807) is 39.8 Å². The van der Waals surface area contributed by atoms with Crippen molar-refractivity contribution in [2.75, 3.05) is 6.61 Å². The highest BCUT2D eigenvalue weighted by molar-refractivity contribution is 7.87. The molecule has 12 heteroatoms. The fourth-order valence-electron chi connectivity index (χ4n) is 3.23. The smallest absolute Gasteiger partial charge is 0.462 e. The van der Waals surface area contributed by atoms with E-state index < -0.39 is 33.0 Å². The highest BCUT2D eigenvalue weighted by Crippen LogP contribution is 2.36. The van der Waals surface area contributed by atoms with Crippen LogP contribution in [0.2, 0.25) is 0 Å². The van der Waals surface area contributed by atoms with Crippen molar-refractivity contribution in [2.24, 2.45) is 0 Å². The minimum absolute atomic E-state index is 0.0202. The first-order valence-electron chi connectivity index (χ1n) is 10.4. The van der Waals surface area contributed by atoms with Gasteiger partial charge in [0.2, 0.25) is 5.88 Å². The lowest BCUT2D eigenvalue weighted by atomic mass is 10.0. The van der Waals surface area contributed by atoms with Crippen LogP contribution in [0.15, 0.2) is 30.3 Å². The molecule has 3 rings (SSSR count). The number of carbonyl (C=O) groups is 1. The van der Waals surface area contributed by atoms with Gasteiger partial charge in [0.05, 0.1) is 23.1 Å². The highest BCUT2D eigenvalue weighted by atomic mass is 32.2. The van der Waals surface area contributed by atoms with E-state index in [1.165, 1.54) is 4.68 Å². The van der Waals surface area contributed by atoms with E-state index in [4.69, 9.17) is 4.74 Å². The molecule has 0 fully saturated rings. The summed E-state index contributed by atoms with van der Waals surface area (Å²) in [6.45, 7) is 8.86. The van der Waals surface area contributed by atoms with E-state index in [0.717, 1.165) is 18.1 Å². The van der Waals surface area contributed by atoms with Crippen LogP contribution < -0.4 is 4.18 Å². The summed E-state index contributed by atoms with van der Waals surface area (Å²) in [5.74, 6) is -1.81. The Hall–Kier alpha value is -3.15. The molecule has 2 aromatic heterocycles. The zero-order valence-electron chi connectivity index (χ0n) is 19.2. The van der Waals surface area contributed by atoms with Crippen molar-refractivity contribution in [3.05, 3.63) is 41.5 Å². The van der Waals surface area contributed by atoms with Gasteiger partial charge in [0.15, 0.2) is 5.65 Å². The molecule has 0 atom stereocenters. The lowest BCUT2D eigenvalue weighted by molar-refractivity contribution is -0.0501. The van der Waals surface area contributed by atoms with E-state index in [-0.39, 0.29) is 23.2 Å². The summed E-state index contributed by atoms with van der Waals surface area (Å²) in [6, 6.07) is 8.22. The highest BCUT2D eigenvalue weighted by Gasteiger charge is 2.49. The van der Waals surface area contributed by atoms with Crippen molar-refractivity contribution in [3.8, 4) is 17.1 Å². The lowest BCUT2D eigenvalue weighted by Gasteiger charge is -2.20. The minimum Gasteiger partial charge on any atom is -0.462 e. The lowest BCUT2D eigenvalue weighted by Crippen LogP contribution is -2.28. The SMILES string of the molecule is CCOC(=O)c1cc(OS(=O)(=O)C(F)(F)F)nc2c1c(-c1ccc(CC)cc1)nn2C(C)(C)C. The fourth-order valence-corrected chi connectivity index (χ4v) is 3.64. The number of hydrogen-bond acceptors (Lipinski definition) is 7. The predicted molar refractivity (Wildman–Crippen MR) is 119 cm³/mol. The number of nitrogens with zero attached hydrogens (tertiary/aromatic N) is 3. The molecule has 34 heavy (non-hydrogen) atoms. The van der Waals surface area contributed by atoms with Gasteiger partial charge >= 0.3 is 21.6 Å². The van der Waals surface area contributed by atoms with E-state index in [2.05, 4.69) is 14.3 Å². The Kier molecular flexibility index (Phi) is 6.66.